The van der Waals surface area contributed by atoms with Crippen molar-refractivity contribution in [2.45, 2.75) is 25.4 Å². The number of benzene rings is 1. The minimum absolute atomic E-state index is 0.186. The van der Waals surface area contributed by atoms with E-state index in [1.165, 1.54) is 13.2 Å². The largest absolute Gasteiger partial charge is 0.391 e. The zero-order chi connectivity index (χ0) is 15.0. The fourth-order valence-electron chi connectivity index (χ4n) is 1.70. The van der Waals surface area contributed by atoms with Gasteiger partial charge in [-0.05, 0) is 30.5 Å². The van der Waals surface area contributed by atoms with Crippen molar-refractivity contribution in [3.05, 3.63) is 35.4 Å². The monoisotopic (exact) mass is 287 g/mol. The summed E-state index contributed by atoms with van der Waals surface area (Å²) >= 11 is 0. The van der Waals surface area contributed by atoms with Crippen LogP contribution < -0.4 is 5.32 Å². The highest BCUT2D eigenvalue weighted by Gasteiger charge is 2.07. The third-order valence-electron chi connectivity index (χ3n) is 2.78. The van der Waals surface area contributed by atoms with E-state index in [2.05, 4.69) is 5.32 Å². The summed E-state index contributed by atoms with van der Waals surface area (Å²) in [5, 5.41) is 12.0. The second-order valence-electron chi connectivity index (χ2n) is 4.50. The van der Waals surface area contributed by atoms with E-state index in [1.807, 2.05) is 0 Å². The molecule has 1 atom stereocenters. The highest BCUT2D eigenvalue weighted by Crippen LogP contribution is 2.10. The van der Waals surface area contributed by atoms with Crippen molar-refractivity contribution in [1.82, 2.24) is 5.32 Å². The Kier molecular flexibility index (Phi) is 7.11. The fourth-order valence-corrected chi connectivity index (χ4v) is 1.70. The number of halogens is 2. The number of methoxy groups -OCH3 is 1. The molecule has 1 amide bonds. The van der Waals surface area contributed by atoms with Crippen molar-refractivity contribution in [2.75, 3.05) is 20.3 Å². The first-order chi connectivity index (χ1) is 9.52. The van der Waals surface area contributed by atoms with Crippen LogP contribution in [0.15, 0.2) is 18.2 Å². The van der Waals surface area contributed by atoms with Gasteiger partial charge in [0.1, 0.15) is 0 Å². The van der Waals surface area contributed by atoms with Crippen LogP contribution in [0, 0.1) is 11.6 Å². The molecule has 0 radical (unpaired) electrons. The molecule has 0 saturated heterocycles. The predicted octanol–water partition coefficient (Wildman–Crippen LogP) is 1.41. The number of aliphatic hydroxyl groups is 1. The average Bonchev–Trinajstić information content (AvgIpc) is 2.40. The van der Waals surface area contributed by atoms with Crippen LogP contribution in [0.2, 0.25) is 0 Å². The molecular formula is C14H19F2NO3. The molecule has 0 aromatic heterocycles. The van der Waals surface area contributed by atoms with Gasteiger partial charge in [-0.25, -0.2) is 8.78 Å². The predicted molar refractivity (Wildman–Crippen MR) is 70.2 cm³/mol. The summed E-state index contributed by atoms with van der Waals surface area (Å²) in [6.45, 7) is 0.575. The lowest BCUT2D eigenvalue weighted by Crippen LogP contribution is -2.28. The molecule has 0 aliphatic rings. The molecule has 0 saturated carbocycles. The topological polar surface area (TPSA) is 58.6 Å². The van der Waals surface area contributed by atoms with Crippen LogP contribution in [-0.2, 0) is 16.0 Å². The summed E-state index contributed by atoms with van der Waals surface area (Å²) in [4.78, 5) is 11.5. The molecule has 2 N–H and O–H groups in total. The van der Waals surface area contributed by atoms with Gasteiger partial charge in [-0.3, -0.25) is 4.79 Å². The molecule has 20 heavy (non-hydrogen) atoms. The number of carbonyl (C=O) groups excluding carboxylic acids is 1. The normalized spacial score (nSPS) is 12.2. The van der Waals surface area contributed by atoms with Crippen LogP contribution in [0.25, 0.3) is 0 Å². The molecule has 1 aromatic carbocycles. The Morgan fingerprint density at radius 1 is 1.40 bits per heavy atom. The molecule has 1 rings (SSSR count). The second-order valence-corrected chi connectivity index (χ2v) is 4.50. The van der Waals surface area contributed by atoms with Gasteiger partial charge in [0.15, 0.2) is 11.6 Å². The first kappa shape index (κ1) is 16.5. The van der Waals surface area contributed by atoms with Gasteiger partial charge in [-0.2, -0.15) is 0 Å². The van der Waals surface area contributed by atoms with E-state index in [0.717, 1.165) is 12.1 Å². The molecule has 0 aliphatic carbocycles. The zero-order valence-corrected chi connectivity index (χ0v) is 11.4. The smallest absolute Gasteiger partial charge is 0.220 e. The number of amides is 1. The lowest BCUT2D eigenvalue weighted by molar-refractivity contribution is -0.121. The van der Waals surface area contributed by atoms with Crippen molar-refractivity contribution in [1.29, 1.82) is 0 Å². The van der Waals surface area contributed by atoms with Crippen LogP contribution >= 0.6 is 0 Å². The Hall–Kier alpha value is -1.53. The average molecular weight is 287 g/mol. The van der Waals surface area contributed by atoms with E-state index < -0.39 is 17.7 Å². The van der Waals surface area contributed by atoms with Crippen LogP contribution in [0.5, 0.6) is 0 Å². The van der Waals surface area contributed by atoms with E-state index in [0.29, 0.717) is 24.9 Å². The van der Waals surface area contributed by atoms with Gasteiger partial charge in [-0.15, -0.1) is 0 Å². The summed E-state index contributed by atoms with van der Waals surface area (Å²) in [5.74, 6) is -2.00. The number of ether oxygens (including phenoxy) is 1. The van der Waals surface area contributed by atoms with Crippen molar-refractivity contribution in [3.8, 4) is 0 Å². The van der Waals surface area contributed by atoms with Crippen LogP contribution in [0.4, 0.5) is 8.78 Å². The number of carbonyl (C=O) groups is 1. The van der Waals surface area contributed by atoms with Crippen LogP contribution in [0.1, 0.15) is 18.4 Å². The Morgan fingerprint density at radius 2 is 2.15 bits per heavy atom. The van der Waals surface area contributed by atoms with E-state index in [1.54, 1.807) is 0 Å². The lowest BCUT2D eigenvalue weighted by atomic mass is 10.1. The highest BCUT2D eigenvalue weighted by atomic mass is 19.2. The number of rotatable bonds is 8. The molecule has 0 heterocycles. The standard InChI is InChI=1S/C14H19F2NO3/c1-20-9-11(18)6-7-17-14(19)5-3-10-2-4-12(15)13(16)8-10/h2,4,8,11,18H,3,5-7,9H2,1H3,(H,17,19). The molecule has 4 nitrogen and oxygen atoms in total. The third-order valence-corrected chi connectivity index (χ3v) is 2.78. The maximum absolute atomic E-state index is 13.0. The van der Waals surface area contributed by atoms with Crippen molar-refractivity contribution < 1.29 is 23.4 Å². The number of hydrogen-bond donors (Lipinski definition) is 2. The van der Waals surface area contributed by atoms with E-state index in [-0.39, 0.29) is 18.9 Å². The maximum atomic E-state index is 13.0. The Morgan fingerprint density at radius 3 is 2.80 bits per heavy atom. The molecule has 0 spiro atoms. The van der Waals surface area contributed by atoms with Crippen molar-refractivity contribution in [2.24, 2.45) is 0 Å². The molecule has 0 bridgehead atoms. The minimum Gasteiger partial charge on any atom is -0.391 e. The molecular weight excluding hydrogens is 268 g/mol. The quantitative estimate of drug-likeness (QED) is 0.760. The van der Waals surface area contributed by atoms with Gasteiger partial charge < -0.3 is 15.2 Å². The third kappa shape index (κ3) is 6.08. The summed E-state index contributed by atoms with van der Waals surface area (Å²) in [5.41, 5.74) is 0.568. The van der Waals surface area contributed by atoms with Gasteiger partial charge >= 0.3 is 0 Å². The summed E-state index contributed by atoms with van der Waals surface area (Å²) < 4.78 is 30.4. The van der Waals surface area contributed by atoms with Crippen LogP contribution in [-0.4, -0.2) is 37.4 Å². The Bertz CT molecular complexity index is 440. The van der Waals surface area contributed by atoms with Crippen molar-refractivity contribution in [3.63, 3.8) is 0 Å². The summed E-state index contributed by atoms with van der Waals surface area (Å²) in [7, 11) is 1.49. The maximum Gasteiger partial charge on any atom is 0.220 e. The number of hydrogen-bond acceptors (Lipinski definition) is 3. The molecule has 1 unspecified atom stereocenters. The first-order valence-electron chi connectivity index (χ1n) is 6.40. The minimum atomic E-state index is -0.911. The number of aliphatic hydroxyl groups excluding tert-OH is 1. The zero-order valence-electron chi connectivity index (χ0n) is 11.4. The highest BCUT2D eigenvalue weighted by molar-refractivity contribution is 5.76. The molecule has 0 fully saturated rings. The number of nitrogens with one attached hydrogen (secondary N) is 1. The fraction of sp³-hybridized carbons (Fsp3) is 0.500. The van der Waals surface area contributed by atoms with Gasteiger partial charge in [0, 0.05) is 20.1 Å². The van der Waals surface area contributed by atoms with Gasteiger partial charge in [0.2, 0.25) is 5.91 Å². The van der Waals surface area contributed by atoms with E-state index in [4.69, 9.17) is 4.74 Å². The van der Waals surface area contributed by atoms with E-state index in [9.17, 15) is 18.7 Å². The Labute approximate surface area is 116 Å². The van der Waals surface area contributed by atoms with Gasteiger partial charge in [0.05, 0.1) is 12.7 Å². The molecule has 6 heteroatoms. The summed E-state index contributed by atoms with van der Waals surface area (Å²) in [6.07, 6.45) is 0.325. The Balaban J connectivity index is 2.24. The van der Waals surface area contributed by atoms with Crippen molar-refractivity contribution >= 4 is 5.91 Å². The van der Waals surface area contributed by atoms with Gasteiger partial charge in [-0.1, -0.05) is 6.07 Å². The second kappa shape index (κ2) is 8.60. The molecule has 1 aromatic rings. The lowest BCUT2D eigenvalue weighted by Gasteiger charge is -2.10. The van der Waals surface area contributed by atoms with E-state index >= 15 is 0 Å². The number of aryl methyl sites for hydroxylation is 1. The van der Waals surface area contributed by atoms with Gasteiger partial charge in [0.25, 0.3) is 0 Å². The van der Waals surface area contributed by atoms with Crippen LogP contribution in [0.3, 0.4) is 0 Å². The summed E-state index contributed by atoms with van der Waals surface area (Å²) in [6, 6.07) is 3.59. The molecule has 0 aliphatic heterocycles. The SMILES string of the molecule is COCC(O)CCNC(=O)CCc1ccc(F)c(F)c1. The molecule has 112 valence electrons. The first-order valence-corrected chi connectivity index (χ1v) is 6.40.